The molecule has 8 heteroatoms. The summed E-state index contributed by atoms with van der Waals surface area (Å²) in [7, 11) is 7.50. The fourth-order valence-corrected chi connectivity index (χ4v) is 4.44. The minimum Gasteiger partial charge on any atom is -0.496 e. The number of guanidine groups is 1. The molecule has 1 heterocycles. The monoisotopic (exact) mass is 554 g/mol. The van der Waals surface area contributed by atoms with Crippen LogP contribution in [0.4, 0.5) is 0 Å². The molecule has 2 aromatic carbocycles. The highest BCUT2D eigenvalue weighted by Crippen LogP contribution is 2.29. The quantitative estimate of drug-likeness (QED) is 0.223. The van der Waals surface area contributed by atoms with Gasteiger partial charge < -0.3 is 25.4 Å². The summed E-state index contributed by atoms with van der Waals surface area (Å²) in [4.78, 5) is 7.39. The lowest BCUT2D eigenvalue weighted by Crippen LogP contribution is -2.43. The number of halogens is 1. The third-order valence-corrected chi connectivity index (χ3v) is 6.26. The van der Waals surface area contributed by atoms with Crippen molar-refractivity contribution in [2.24, 2.45) is 4.99 Å². The van der Waals surface area contributed by atoms with Gasteiger partial charge in [0, 0.05) is 35.3 Å². The molecule has 0 aliphatic rings. The van der Waals surface area contributed by atoms with Gasteiger partial charge in [0.25, 0.3) is 0 Å². The molecule has 1 aromatic heterocycles. The smallest absolute Gasteiger partial charge is 0.191 e. The van der Waals surface area contributed by atoms with Crippen LogP contribution in [-0.2, 0) is 0 Å². The molecule has 0 fully saturated rings. The first-order valence-electron chi connectivity index (χ1n) is 9.94. The summed E-state index contributed by atoms with van der Waals surface area (Å²) in [5.41, 5.74) is 1.11. The Balaban J connectivity index is 0.00000341. The molecule has 0 aliphatic carbocycles. The number of aliphatic imine (C=N–C) groups is 1. The second kappa shape index (κ2) is 12.2. The first kappa shape index (κ1) is 25.4. The van der Waals surface area contributed by atoms with Crippen LogP contribution >= 0.6 is 35.3 Å². The van der Waals surface area contributed by atoms with Crippen molar-refractivity contribution in [2.45, 2.75) is 12.1 Å². The van der Waals surface area contributed by atoms with E-state index in [2.05, 4.69) is 38.7 Å². The van der Waals surface area contributed by atoms with E-state index in [0.717, 1.165) is 21.6 Å². The van der Waals surface area contributed by atoms with Crippen LogP contribution in [0.5, 0.6) is 5.75 Å². The van der Waals surface area contributed by atoms with Gasteiger partial charge in [0.05, 0.1) is 13.2 Å². The Kier molecular flexibility index (Phi) is 10.0. The number of likely N-dealkylation sites (N-methyl/N-ethyl adjacent to an activating group) is 1. The maximum absolute atomic E-state index is 10.6. The van der Waals surface area contributed by atoms with Gasteiger partial charge in [-0.2, -0.15) is 0 Å². The molecule has 3 aromatic rings. The molecule has 0 radical (unpaired) electrons. The molecule has 2 unspecified atom stereocenters. The summed E-state index contributed by atoms with van der Waals surface area (Å²) in [5.74, 6) is 1.51. The molecule has 0 amide bonds. The second-order valence-corrected chi connectivity index (χ2v) is 8.37. The van der Waals surface area contributed by atoms with Crippen molar-refractivity contribution < 1.29 is 9.84 Å². The number of nitrogens with zero attached hydrogens (tertiary/aromatic N) is 2. The van der Waals surface area contributed by atoms with E-state index in [1.165, 1.54) is 4.70 Å². The third-order valence-electron chi connectivity index (χ3n) is 5.04. The lowest BCUT2D eigenvalue weighted by molar-refractivity contribution is 0.184. The van der Waals surface area contributed by atoms with E-state index < -0.39 is 6.10 Å². The number of benzene rings is 2. The first-order chi connectivity index (χ1) is 14.5. The van der Waals surface area contributed by atoms with Gasteiger partial charge in [-0.3, -0.25) is 4.99 Å². The Morgan fingerprint density at radius 3 is 2.45 bits per heavy atom. The topological polar surface area (TPSA) is 69.1 Å². The molecule has 0 saturated heterocycles. The maximum Gasteiger partial charge on any atom is 0.191 e. The Labute approximate surface area is 205 Å². The minimum absolute atomic E-state index is 0. The summed E-state index contributed by atoms with van der Waals surface area (Å²) >= 11 is 1.62. The predicted molar refractivity (Wildman–Crippen MR) is 141 cm³/mol. The first-order valence-corrected chi connectivity index (χ1v) is 10.8. The Morgan fingerprint density at radius 2 is 1.77 bits per heavy atom. The Hall–Kier alpha value is -1.88. The summed E-state index contributed by atoms with van der Waals surface area (Å²) < 4.78 is 6.71. The van der Waals surface area contributed by atoms with Crippen molar-refractivity contribution in [1.29, 1.82) is 0 Å². The number of rotatable bonds is 8. The van der Waals surface area contributed by atoms with Crippen LogP contribution in [0.25, 0.3) is 10.1 Å². The van der Waals surface area contributed by atoms with E-state index in [4.69, 9.17) is 4.74 Å². The number of thiophene rings is 1. The van der Waals surface area contributed by atoms with E-state index in [1.807, 2.05) is 50.5 Å². The average molecular weight is 554 g/mol. The van der Waals surface area contributed by atoms with Gasteiger partial charge >= 0.3 is 0 Å². The molecule has 3 rings (SSSR count). The SMILES string of the molecule is CN=C(NCC(O)c1cc2ccccc2s1)NCC(c1ccccc1OC)N(C)C.I. The zero-order valence-electron chi connectivity index (χ0n) is 18.3. The van der Waals surface area contributed by atoms with Gasteiger partial charge in [-0.15, -0.1) is 35.3 Å². The fourth-order valence-electron chi connectivity index (χ4n) is 3.39. The van der Waals surface area contributed by atoms with Gasteiger partial charge in [-0.05, 0) is 37.7 Å². The van der Waals surface area contributed by atoms with Crippen LogP contribution in [0.3, 0.4) is 0 Å². The van der Waals surface area contributed by atoms with Crippen molar-refractivity contribution in [2.75, 3.05) is 41.3 Å². The van der Waals surface area contributed by atoms with E-state index in [0.29, 0.717) is 19.0 Å². The van der Waals surface area contributed by atoms with Crippen LogP contribution in [0.1, 0.15) is 22.6 Å². The summed E-state index contributed by atoms with van der Waals surface area (Å²) in [6, 6.07) is 18.4. The average Bonchev–Trinajstić information content (AvgIpc) is 3.20. The minimum atomic E-state index is -0.597. The Morgan fingerprint density at radius 1 is 1.10 bits per heavy atom. The van der Waals surface area contributed by atoms with Gasteiger partial charge in [-0.1, -0.05) is 36.4 Å². The highest BCUT2D eigenvalue weighted by atomic mass is 127. The van der Waals surface area contributed by atoms with E-state index in [-0.39, 0.29) is 30.0 Å². The molecule has 0 aliphatic heterocycles. The lowest BCUT2D eigenvalue weighted by atomic mass is 10.0. The number of methoxy groups -OCH3 is 1. The number of para-hydroxylation sites is 1. The standard InChI is InChI=1S/C23H30N4O2S.HI/c1-24-23(25-14-18(27(2)3)17-10-6-7-11-20(17)29-4)26-15-19(28)22-13-16-9-5-8-12-21(16)30-22;/h5-13,18-19,28H,14-15H2,1-4H3,(H2,24,25,26);1H. The van der Waals surface area contributed by atoms with Gasteiger partial charge in [0.1, 0.15) is 11.9 Å². The van der Waals surface area contributed by atoms with E-state index in [9.17, 15) is 5.11 Å². The predicted octanol–water partition coefficient (Wildman–Crippen LogP) is 4.03. The van der Waals surface area contributed by atoms with Gasteiger partial charge in [0.2, 0.25) is 0 Å². The lowest BCUT2D eigenvalue weighted by Gasteiger charge is -2.27. The van der Waals surface area contributed by atoms with Crippen LogP contribution < -0.4 is 15.4 Å². The fraction of sp³-hybridized carbons (Fsp3) is 0.348. The number of aliphatic hydroxyl groups excluding tert-OH is 1. The number of ether oxygens (including phenoxy) is 1. The van der Waals surface area contributed by atoms with Gasteiger partial charge in [-0.25, -0.2) is 0 Å². The molecular weight excluding hydrogens is 523 g/mol. The number of hydrogen-bond acceptors (Lipinski definition) is 5. The second-order valence-electron chi connectivity index (χ2n) is 7.26. The zero-order valence-corrected chi connectivity index (χ0v) is 21.5. The van der Waals surface area contributed by atoms with Gasteiger partial charge in [0.15, 0.2) is 5.96 Å². The zero-order chi connectivity index (χ0) is 21.5. The molecule has 3 N–H and O–H groups in total. The molecule has 2 atom stereocenters. The molecule has 0 bridgehead atoms. The Bertz CT molecular complexity index is 959. The van der Waals surface area contributed by atoms with Crippen molar-refractivity contribution >= 4 is 51.4 Å². The highest BCUT2D eigenvalue weighted by Gasteiger charge is 2.19. The third kappa shape index (κ3) is 6.55. The van der Waals surface area contributed by atoms with Crippen molar-refractivity contribution in [3.63, 3.8) is 0 Å². The van der Waals surface area contributed by atoms with Crippen LogP contribution in [0.15, 0.2) is 59.6 Å². The molecular formula is C23H31IN4O2S. The van der Waals surface area contributed by atoms with E-state index in [1.54, 1.807) is 25.5 Å². The molecule has 6 nitrogen and oxygen atoms in total. The maximum atomic E-state index is 10.6. The molecule has 31 heavy (non-hydrogen) atoms. The number of fused-ring (bicyclic) bond motifs is 1. The molecule has 0 spiro atoms. The van der Waals surface area contributed by atoms with Crippen molar-refractivity contribution in [1.82, 2.24) is 15.5 Å². The highest BCUT2D eigenvalue weighted by molar-refractivity contribution is 14.0. The number of aliphatic hydroxyl groups is 1. The summed E-state index contributed by atoms with van der Waals surface area (Å²) in [6.07, 6.45) is -0.597. The van der Waals surface area contributed by atoms with Crippen molar-refractivity contribution in [3.8, 4) is 5.75 Å². The van der Waals surface area contributed by atoms with Crippen LogP contribution in [0, 0.1) is 0 Å². The van der Waals surface area contributed by atoms with Crippen LogP contribution in [0.2, 0.25) is 0 Å². The largest absolute Gasteiger partial charge is 0.496 e. The molecule has 168 valence electrons. The normalized spacial score (nSPS) is 13.5. The molecule has 0 saturated carbocycles. The van der Waals surface area contributed by atoms with Crippen LogP contribution in [-0.4, -0.2) is 57.3 Å². The summed E-state index contributed by atoms with van der Waals surface area (Å²) in [6.45, 7) is 1.03. The number of nitrogens with one attached hydrogen (secondary N) is 2. The number of hydrogen-bond donors (Lipinski definition) is 3. The van der Waals surface area contributed by atoms with Crippen molar-refractivity contribution in [3.05, 3.63) is 65.0 Å². The summed E-state index contributed by atoms with van der Waals surface area (Å²) in [5, 5.41) is 18.4. The van der Waals surface area contributed by atoms with E-state index >= 15 is 0 Å².